The Hall–Kier alpha value is -3.08. The smallest absolute Gasteiger partial charge is 0.310 e. The summed E-state index contributed by atoms with van der Waals surface area (Å²) in [5.41, 5.74) is 5.99. The third kappa shape index (κ3) is 5.00. The normalized spacial score (nSPS) is 10.7. The van der Waals surface area contributed by atoms with Crippen LogP contribution in [0.2, 0.25) is 0 Å². The fourth-order valence-electron chi connectivity index (χ4n) is 2.90. The molecule has 0 bridgehead atoms. The van der Waals surface area contributed by atoms with Crippen LogP contribution in [-0.4, -0.2) is 11.1 Å². The molecule has 5 heteroatoms. The first-order valence-corrected chi connectivity index (χ1v) is 9.27. The molecule has 1 heterocycles. The van der Waals surface area contributed by atoms with Gasteiger partial charge in [-0.3, -0.25) is 4.79 Å². The Morgan fingerprint density at radius 1 is 1.00 bits per heavy atom. The van der Waals surface area contributed by atoms with Crippen LogP contribution in [-0.2, 0) is 29.2 Å². The highest BCUT2D eigenvalue weighted by atomic mass is 16.5. The molecule has 0 atom stereocenters. The van der Waals surface area contributed by atoms with Gasteiger partial charge in [-0.2, -0.15) is 0 Å². The molecule has 3 rings (SSSR count). The third-order valence-electron chi connectivity index (χ3n) is 4.73. The van der Waals surface area contributed by atoms with E-state index in [1.165, 1.54) is 0 Å². The lowest BCUT2D eigenvalue weighted by Crippen LogP contribution is -2.08. The summed E-state index contributed by atoms with van der Waals surface area (Å²) in [6.45, 7) is 8.50. The maximum atomic E-state index is 12.2. The molecule has 0 N–H and O–H groups in total. The topological polar surface area (TPSA) is 61.6 Å². The van der Waals surface area contributed by atoms with E-state index >= 15 is 0 Å². The fourth-order valence-corrected chi connectivity index (χ4v) is 2.90. The van der Waals surface area contributed by atoms with Gasteiger partial charge in [-0.25, -0.2) is 0 Å². The van der Waals surface area contributed by atoms with E-state index in [9.17, 15) is 4.79 Å². The molecule has 0 fully saturated rings. The minimum Gasteiger partial charge on any atom is -0.489 e. The number of nitrogens with zero attached hydrogens (tertiary/aromatic N) is 1. The summed E-state index contributed by atoms with van der Waals surface area (Å²) in [7, 11) is 0. The molecule has 1 aromatic heterocycles. The Morgan fingerprint density at radius 2 is 1.75 bits per heavy atom. The van der Waals surface area contributed by atoms with Crippen molar-refractivity contribution < 1.29 is 18.8 Å². The molecule has 0 aliphatic rings. The summed E-state index contributed by atoms with van der Waals surface area (Å²) in [4.78, 5) is 12.2. The van der Waals surface area contributed by atoms with E-state index in [1.54, 1.807) is 0 Å². The largest absolute Gasteiger partial charge is 0.489 e. The van der Waals surface area contributed by atoms with Crippen LogP contribution in [0.4, 0.5) is 0 Å². The third-order valence-corrected chi connectivity index (χ3v) is 4.73. The van der Waals surface area contributed by atoms with Gasteiger partial charge in [0.15, 0.2) is 0 Å². The number of esters is 1. The Bertz CT molecular complexity index is 938. The van der Waals surface area contributed by atoms with Crippen LogP contribution in [0.1, 0.15) is 39.3 Å². The minimum absolute atomic E-state index is 0.231. The van der Waals surface area contributed by atoms with Gasteiger partial charge in [0.1, 0.15) is 24.7 Å². The van der Waals surface area contributed by atoms with Crippen LogP contribution in [0.25, 0.3) is 0 Å². The second kappa shape index (κ2) is 8.74. The highest BCUT2D eigenvalue weighted by Crippen LogP contribution is 2.18. The van der Waals surface area contributed by atoms with Crippen molar-refractivity contribution in [2.24, 2.45) is 0 Å². The van der Waals surface area contributed by atoms with E-state index in [-0.39, 0.29) is 12.4 Å². The first-order valence-electron chi connectivity index (χ1n) is 9.27. The van der Waals surface area contributed by atoms with Gasteiger partial charge in [0.25, 0.3) is 0 Å². The number of aromatic nitrogens is 1. The quantitative estimate of drug-likeness (QED) is 0.553. The Kier molecular flexibility index (Phi) is 6.14. The van der Waals surface area contributed by atoms with E-state index in [2.05, 4.69) is 11.2 Å². The van der Waals surface area contributed by atoms with Gasteiger partial charge in [-0.15, -0.1) is 0 Å². The van der Waals surface area contributed by atoms with Crippen molar-refractivity contribution in [1.29, 1.82) is 0 Å². The molecule has 5 nitrogen and oxygen atoms in total. The van der Waals surface area contributed by atoms with Crippen molar-refractivity contribution >= 4 is 5.97 Å². The molecule has 0 saturated carbocycles. The Labute approximate surface area is 165 Å². The van der Waals surface area contributed by atoms with Crippen LogP contribution in [0.3, 0.4) is 0 Å². The second-order valence-corrected chi connectivity index (χ2v) is 7.00. The molecule has 28 heavy (non-hydrogen) atoms. The van der Waals surface area contributed by atoms with Crippen molar-refractivity contribution in [2.45, 2.75) is 47.3 Å². The van der Waals surface area contributed by atoms with E-state index in [4.69, 9.17) is 14.0 Å². The molecule has 0 unspecified atom stereocenters. The zero-order valence-corrected chi connectivity index (χ0v) is 16.7. The molecule has 0 saturated heterocycles. The van der Waals surface area contributed by atoms with Crippen LogP contribution in [0, 0.1) is 27.7 Å². The predicted octanol–water partition coefficient (Wildman–Crippen LogP) is 4.77. The summed E-state index contributed by atoms with van der Waals surface area (Å²) in [6.07, 6.45) is 0.231. The average molecular weight is 379 g/mol. The lowest BCUT2D eigenvalue weighted by molar-refractivity contribution is -0.144. The van der Waals surface area contributed by atoms with Gasteiger partial charge in [0.05, 0.1) is 17.7 Å². The number of carbonyl (C=O) groups excluding carboxylic acids is 1. The summed E-state index contributed by atoms with van der Waals surface area (Å²) in [6, 6.07) is 13.6. The molecule has 0 aliphatic heterocycles. The predicted molar refractivity (Wildman–Crippen MR) is 106 cm³/mol. The number of benzene rings is 2. The Morgan fingerprint density at radius 3 is 2.43 bits per heavy atom. The molecule has 0 spiro atoms. The highest BCUT2D eigenvalue weighted by molar-refractivity contribution is 5.72. The van der Waals surface area contributed by atoms with Crippen LogP contribution >= 0.6 is 0 Å². The highest BCUT2D eigenvalue weighted by Gasteiger charge is 2.10. The van der Waals surface area contributed by atoms with Crippen molar-refractivity contribution in [3.8, 4) is 5.75 Å². The average Bonchev–Trinajstić information content (AvgIpc) is 3.00. The van der Waals surface area contributed by atoms with Crippen LogP contribution < -0.4 is 4.74 Å². The van der Waals surface area contributed by atoms with Crippen LogP contribution in [0.15, 0.2) is 47.0 Å². The van der Waals surface area contributed by atoms with Gasteiger partial charge >= 0.3 is 5.97 Å². The fraction of sp³-hybridized carbons (Fsp3) is 0.304. The number of carbonyl (C=O) groups is 1. The van der Waals surface area contributed by atoms with Gasteiger partial charge < -0.3 is 14.0 Å². The maximum Gasteiger partial charge on any atom is 0.310 e. The number of ether oxygens (including phenoxy) is 2. The molecule has 2 aromatic carbocycles. The number of aryl methyl sites for hydroxylation is 4. The molecule has 3 aromatic rings. The Balaban J connectivity index is 1.51. The molecule has 0 amide bonds. The summed E-state index contributed by atoms with van der Waals surface area (Å²) in [5.74, 6) is 1.25. The van der Waals surface area contributed by atoms with Gasteiger partial charge in [-0.1, -0.05) is 41.1 Å². The first kappa shape index (κ1) is 19.7. The van der Waals surface area contributed by atoms with Crippen molar-refractivity contribution in [2.75, 3.05) is 0 Å². The summed E-state index contributed by atoms with van der Waals surface area (Å²) >= 11 is 0. The van der Waals surface area contributed by atoms with Crippen LogP contribution in [0.5, 0.6) is 5.75 Å². The molecule has 0 aliphatic carbocycles. The molecular weight excluding hydrogens is 354 g/mol. The number of hydrogen-bond donors (Lipinski definition) is 0. The molecular formula is C23H25NO4. The van der Waals surface area contributed by atoms with Crippen molar-refractivity contribution in [3.05, 3.63) is 81.7 Å². The lowest BCUT2D eigenvalue weighted by Gasteiger charge is -2.09. The van der Waals surface area contributed by atoms with E-state index in [1.807, 2.05) is 64.1 Å². The first-order chi connectivity index (χ1) is 13.4. The number of rotatable bonds is 7. The van der Waals surface area contributed by atoms with Crippen molar-refractivity contribution in [1.82, 2.24) is 5.16 Å². The van der Waals surface area contributed by atoms with Gasteiger partial charge in [0, 0.05) is 0 Å². The van der Waals surface area contributed by atoms with Crippen molar-refractivity contribution in [3.63, 3.8) is 0 Å². The maximum absolute atomic E-state index is 12.2. The van der Waals surface area contributed by atoms with E-state index in [0.29, 0.717) is 13.2 Å². The summed E-state index contributed by atoms with van der Waals surface area (Å²) < 4.78 is 16.4. The second-order valence-electron chi connectivity index (χ2n) is 7.00. The van der Waals surface area contributed by atoms with Gasteiger partial charge in [-0.05, 0) is 56.5 Å². The monoisotopic (exact) mass is 379 g/mol. The van der Waals surface area contributed by atoms with E-state index in [0.717, 1.165) is 45.0 Å². The molecule has 0 radical (unpaired) electrons. The standard InChI is InChI=1S/C23H25NO4/c1-15-5-6-16(2)20(11-15)13-27-23(25)12-19-7-9-21(10-8-19)26-14-22-17(3)24-28-18(22)4/h5-11H,12-14H2,1-4H3. The molecule has 146 valence electrons. The zero-order chi connectivity index (χ0) is 20.1. The van der Waals surface area contributed by atoms with Gasteiger partial charge in [0.2, 0.25) is 0 Å². The minimum atomic E-state index is -0.245. The van der Waals surface area contributed by atoms with E-state index < -0.39 is 0 Å². The zero-order valence-electron chi connectivity index (χ0n) is 16.7. The number of hydrogen-bond acceptors (Lipinski definition) is 5. The SMILES string of the molecule is Cc1ccc(C)c(COC(=O)Cc2ccc(OCc3c(C)noc3C)cc2)c1. The summed E-state index contributed by atoms with van der Waals surface area (Å²) in [5, 5.41) is 3.92. The lowest BCUT2D eigenvalue weighted by atomic mass is 10.1.